The fourth-order valence-electron chi connectivity index (χ4n) is 7.50. The number of piperidine rings is 1. The molecule has 0 spiro atoms. The number of benzene rings is 2. The van der Waals surface area contributed by atoms with E-state index in [9.17, 15) is 27.5 Å². The van der Waals surface area contributed by atoms with Crippen molar-refractivity contribution < 1.29 is 41.3 Å². The molecule has 2 aromatic heterocycles. The number of ether oxygens (including phenoxy) is 2. The van der Waals surface area contributed by atoms with E-state index < -0.39 is 35.8 Å². The summed E-state index contributed by atoms with van der Waals surface area (Å²) in [5.41, 5.74) is -0.681. The van der Waals surface area contributed by atoms with E-state index in [-0.39, 0.29) is 75.8 Å². The number of rotatable bonds is 7. The van der Waals surface area contributed by atoms with E-state index in [0.717, 1.165) is 43.4 Å². The van der Waals surface area contributed by atoms with Gasteiger partial charge in [0.25, 0.3) is 0 Å². The average molecular weight is 695 g/mol. The second kappa shape index (κ2) is 11.9. The molecule has 260 valence electrons. The van der Waals surface area contributed by atoms with Crippen molar-refractivity contribution in [3.63, 3.8) is 0 Å². The first-order chi connectivity index (χ1) is 23.9. The zero-order chi connectivity index (χ0) is 34.9. The number of aromatic nitrogens is 3. The van der Waals surface area contributed by atoms with Crippen LogP contribution in [0.1, 0.15) is 24.8 Å². The minimum Gasteiger partial charge on any atom is -0.508 e. The van der Waals surface area contributed by atoms with Crippen LogP contribution in [0.5, 0.6) is 11.8 Å². The molecule has 2 atom stereocenters. The van der Waals surface area contributed by atoms with E-state index in [1.54, 1.807) is 4.90 Å². The molecule has 4 aliphatic heterocycles. The molecule has 1 aliphatic carbocycles. The van der Waals surface area contributed by atoms with Crippen molar-refractivity contribution in [1.82, 2.24) is 24.8 Å². The van der Waals surface area contributed by atoms with Crippen molar-refractivity contribution in [2.24, 2.45) is 5.41 Å². The Balaban J connectivity index is 1.20. The van der Waals surface area contributed by atoms with Gasteiger partial charge in [-0.25, -0.2) is 8.78 Å². The Labute approximate surface area is 282 Å². The van der Waals surface area contributed by atoms with Crippen molar-refractivity contribution in [2.45, 2.75) is 37.5 Å². The second-order valence-corrected chi connectivity index (χ2v) is 13.5. The standard InChI is InChI=1S/C35H31F5N6O4/c1-2-23-26(36)4-3-19-11-22(47)13-24(27(19)23)29-28(37)30-25(14-41-29)31(45-15-20-12-21(16-45)46(20)32(48)35(38,39)40)43-33(42-30)50-18-34(5-6-34)17-44-7-9-49-10-8-44/h1,3-4,11,13-14,20-21,47H,5-10,12,15-18H2. The maximum absolute atomic E-state index is 16.8. The fraction of sp³-hybridized carbons (Fsp3) is 0.429. The quantitative estimate of drug-likeness (QED) is 0.219. The summed E-state index contributed by atoms with van der Waals surface area (Å²) < 4.78 is 83.2. The Kier molecular flexibility index (Phi) is 7.72. The average Bonchev–Trinajstić information content (AvgIpc) is 3.86. The fourth-order valence-corrected chi connectivity index (χ4v) is 7.50. The molecule has 2 unspecified atom stereocenters. The summed E-state index contributed by atoms with van der Waals surface area (Å²) in [4.78, 5) is 30.4. The molecule has 15 heteroatoms. The maximum atomic E-state index is 16.8. The summed E-state index contributed by atoms with van der Waals surface area (Å²) in [6.07, 6.45) is 4.22. The van der Waals surface area contributed by atoms with Crippen LogP contribution >= 0.6 is 0 Å². The van der Waals surface area contributed by atoms with Crippen LogP contribution in [0.3, 0.4) is 0 Å². The van der Waals surface area contributed by atoms with Crippen molar-refractivity contribution in [2.75, 3.05) is 57.4 Å². The number of carbonyl (C=O) groups is 1. The summed E-state index contributed by atoms with van der Waals surface area (Å²) >= 11 is 0. The van der Waals surface area contributed by atoms with Gasteiger partial charge in [0, 0.05) is 55.3 Å². The van der Waals surface area contributed by atoms with Gasteiger partial charge in [-0.3, -0.25) is 14.7 Å². The molecule has 5 aliphatic rings. The van der Waals surface area contributed by atoms with Crippen LogP contribution in [0.15, 0.2) is 30.5 Å². The number of hydrogen-bond acceptors (Lipinski definition) is 9. The van der Waals surface area contributed by atoms with Crippen molar-refractivity contribution in [1.29, 1.82) is 0 Å². The molecule has 2 bridgehead atoms. The molecule has 1 saturated carbocycles. The maximum Gasteiger partial charge on any atom is 0.471 e. The molecule has 4 saturated heterocycles. The summed E-state index contributed by atoms with van der Waals surface area (Å²) in [6.45, 7) is 4.01. The van der Waals surface area contributed by atoms with Crippen LogP contribution < -0.4 is 9.64 Å². The molecule has 2 aromatic carbocycles. The van der Waals surface area contributed by atoms with Crippen LogP contribution in [0, 0.1) is 29.4 Å². The topological polar surface area (TPSA) is 104 Å². The van der Waals surface area contributed by atoms with E-state index in [2.05, 4.69) is 25.8 Å². The molecule has 9 rings (SSSR count). The lowest BCUT2D eigenvalue weighted by atomic mass is 9.87. The molecule has 50 heavy (non-hydrogen) atoms. The highest BCUT2D eigenvalue weighted by Crippen LogP contribution is 2.47. The Bertz CT molecular complexity index is 2070. The summed E-state index contributed by atoms with van der Waals surface area (Å²) in [5.74, 6) is -1.22. The lowest BCUT2D eigenvalue weighted by Crippen LogP contribution is -2.72. The van der Waals surface area contributed by atoms with Gasteiger partial charge >= 0.3 is 18.1 Å². The molecule has 10 nitrogen and oxygen atoms in total. The number of nitrogens with zero attached hydrogens (tertiary/aromatic N) is 6. The SMILES string of the molecule is C#Cc1c(F)ccc2cc(O)cc(-c3ncc4c(N5CC6CC(C5)N6C(=O)C(F)(F)F)nc(OCC5(CN6CCOCC6)CC5)nc4c3F)c12. The van der Waals surface area contributed by atoms with Gasteiger partial charge in [-0.2, -0.15) is 23.1 Å². The number of anilines is 1. The van der Waals surface area contributed by atoms with Gasteiger partial charge in [0.05, 0.1) is 42.9 Å². The summed E-state index contributed by atoms with van der Waals surface area (Å²) in [7, 11) is 0. The number of halogens is 5. The molecule has 1 amide bonds. The Morgan fingerprint density at radius 3 is 2.54 bits per heavy atom. The minimum absolute atomic E-state index is 0.0240. The third-order valence-electron chi connectivity index (χ3n) is 10.2. The summed E-state index contributed by atoms with van der Waals surface area (Å²) in [5, 5.41) is 11.2. The van der Waals surface area contributed by atoms with E-state index in [1.165, 1.54) is 24.4 Å². The van der Waals surface area contributed by atoms with Crippen LogP contribution in [0.2, 0.25) is 0 Å². The zero-order valence-corrected chi connectivity index (χ0v) is 26.6. The number of alkyl halides is 3. The molecular weight excluding hydrogens is 663 g/mol. The number of morpholine rings is 1. The van der Waals surface area contributed by atoms with Crippen LogP contribution in [-0.4, -0.2) is 107 Å². The van der Waals surface area contributed by atoms with Crippen LogP contribution in [0.25, 0.3) is 32.9 Å². The van der Waals surface area contributed by atoms with Gasteiger partial charge < -0.3 is 24.4 Å². The largest absolute Gasteiger partial charge is 0.508 e. The van der Waals surface area contributed by atoms with Crippen LogP contribution in [0.4, 0.5) is 27.8 Å². The highest BCUT2D eigenvalue weighted by Gasteiger charge is 2.55. The number of phenolic OH excluding ortho intramolecular Hbond substituents is 1. The number of piperazine rings is 1. The number of pyridine rings is 1. The summed E-state index contributed by atoms with van der Waals surface area (Å²) in [6, 6.07) is 3.64. The molecule has 5 fully saturated rings. The van der Waals surface area contributed by atoms with Gasteiger partial charge in [0.15, 0.2) is 5.82 Å². The number of hydrogen-bond donors (Lipinski definition) is 1. The highest BCUT2D eigenvalue weighted by molar-refractivity contribution is 6.03. The van der Waals surface area contributed by atoms with Gasteiger partial charge in [0.2, 0.25) is 0 Å². The first-order valence-electron chi connectivity index (χ1n) is 16.3. The molecule has 6 heterocycles. The lowest BCUT2D eigenvalue weighted by molar-refractivity contribution is -0.199. The Morgan fingerprint density at radius 1 is 1.12 bits per heavy atom. The first-order valence-corrected chi connectivity index (χ1v) is 16.3. The normalized spacial score (nSPS) is 21.6. The van der Waals surface area contributed by atoms with Crippen molar-refractivity contribution >= 4 is 33.4 Å². The highest BCUT2D eigenvalue weighted by atomic mass is 19.4. The predicted octanol–water partition coefficient (Wildman–Crippen LogP) is 4.65. The molecular formula is C35H31F5N6O4. The van der Waals surface area contributed by atoms with Gasteiger partial charge in [-0.1, -0.05) is 12.0 Å². The lowest BCUT2D eigenvalue weighted by Gasteiger charge is -2.56. The first kappa shape index (κ1) is 32.4. The van der Waals surface area contributed by atoms with E-state index in [1.807, 2.05) is 0 Å². The number of carbonyl (C=O) groups excluding carboxylic acids is 1. The number of amides is 1. The van der Waals surface area contributed by atoms with Gasteiger partial charge in [-0.15, -0.1) is 6.42 Å². The molecule has 0 radical (unpaired) electrons. The predicted molar refractivity (Wildman–Crippen MR) is 172 cm³/mol. The Morgan fingerprint density at radius 2 is 1.86 bits per heavy atom. The smallest absolute Gasteiger partial charge is 0.471 e. The van der Waals surface area contributed by atoms with Crippen molar-refractivity contribution in [3.05, 3.63) is 47.7 Å². The number of terminal acetylenes is 1. The number of fused-ring (bicyclic) bond motifs is 4. The van der Waals surface area contributed by atoms with E-state index in [0.29, 0.717) is 25.0 Å². The van der Waals surface area contributed by atoms with Gasteiger partial charge in [-0.05, 0) is 42.8 Å². The number of aromatic hydroxyl groups is 1. The molecule has 4 aromatic rings. The third kappa shape index (κ3) is 5.60. The third-order valence-corrected chi connectivity index (χ3v) is 10.2. The van der Waals surface area contributed by atoms with Crippen molar-refractivity contribution in [3.8, 4) is 35.4 Å². The van der Waals surface area contributed by atoms with Crippen LogP contribution in [-0.2, 0) is 9.53 Å². The van der Waals surface area contributed by atoms with E-state index in [4.69, 9.17) is 15.9 Å². The minimum atomic E-state index is -5.00. The zero-order valence-electron chi connectivity index (χ0n) is 26.6. The molecule has 1 N–H and O–H groups in total. The van der Waals surface area contributed by atoms with E-state index >= 15 is 4.39 Å². The monoisotopic (exact) mass is 694 g/mol. The number of phenols is 1. The Hall–Kier alpha value is -4.81. The second-order valence-electron chi connectivity index (χ2n) is 13.5. The van der Waals surface area contributed by atoms with Gasteiger partial charge in [0.1, 0.15) is 28.6 Å².